The van der Waals surface area contributed by atoms with Gasteiger partial charge in [-0.3, -0.25) is 9.69 Å². The van der Waals surface area contributed by atoms with Crippen LogP contribution in [0, 0.1) is 6.92 Å². The van der Waals surface area contributed by atoms with E-state index in [1.54, 1.807) is 6.07 Å². The summed E-state index contributed by atoms with van der Waals surface area (Å²) >= 11 is 0. The van der Waals surface area contributed by atoms with Gasteiger partial charge in [0.15, 0.2) is 0 Å². The first kappa shape index (κ1) is 19.6. The second-order valence-corrected chi connectivity index (χ2v) is 6.36. The Morgan fingerprint density at radius 2 is 1.92 bits per heavy atom. The molecule has 25 heavy (non-hydrogen) atoms. The van der Waals surface area contributed by atoms with E-state index < -0.39 is 0 Å². The number of anilines is 1. The van der Waals surface area contributed by atoms with Gasteiger partial charge in [-0.05, 0) is 19.8 Å². The zero-order valence-electron chi connectivity index (χ0n) is 15.8. The van der Waals surface area contributed by atoms with E-state index in [2.05, 4.69) is 34.0 Å². The summed E-state index contributed by atoms with van der Waals surface area (Å²) in [6, 6.07) is 1.77. The lowest BCUT2D eigenvalue weighted by molar-refractivity contribution is 0.0398. The Labute approximate surface area is 150 Å². The third-order valence-electron chi connectivity index (χ3n) is 4.17. The first-order valence-corrected chi connectivity index (χ1v) is 9.33. The second-order valence-electron chi connectivity index (χ2n) is 6.36. The maximum Gasteiger partial charge on any atom is 0.272 e. The van der Waals surface area contributed by atoms with Gasteiger partial charge in [-0.25, -0.2) is 9.97 Å². The Bertz CT molecular complexity index is 540. The number of carbonyl (C=O) groups excluding carboxylic acids is 1. The predicted octanol–water partition coefficient (Wildman–Crippen LogP) is 1.79. The molecule has 0 saturated carbocycles. The predicted molar refractivity (Wildman–Crippen MR) is 99.0 cm³/mol. The highest BCUT2D eigenvalue weighted by molar-refractivity contribution is 5.93. The van der Waals surface area contributed by atoms with E-state index in [0.29, 0.717) is 11.5 Å². The maximum atomic E-state index is 12.7. The number of hydrogen-bond acceptors (Lipinski definition) is 6. The number of aryl methyl sites for hydroxylation is 1. The molecule has 1 N–H and O–H groups in total. The summed E-state index contributed by atoms with van der Waals surface area (Å²) in [6.07, 6.45) is 1.89. The van der Waals surface area contributed by atoms with Crippen molar-refractivity contribution in [1.29, 1.82) is 0 Å². The second kappa shape index (κ2) is 10.3. The van der Waals surface area contributed by atoms with Crippen LogP contribution in [0.1, 0.15) is 43.0 Å². The molecule has 0 bridgehead atoms. The van der Waals surface area contributed by atoms with E-state index in [0.717, 1.165) is 71.1 Å². The summed E-state index contributed by atoms with van der Waals surface area (Å²) in [5.74, 6) is 1.33. The molecule has 1 aromatic rings. The van der Waals surface area contributed by atoms with E-state index in [4.69, 9.17) is 4.74 Å². The molecule has 0 aromatic carbocycles. The van der Waals surface area contributed by atoms with Gasteiger partial charge < -0.3 is 15.0 Å². The van der Waals surface area contributed by atoms with Crippen molar-refractivity contribution in [2.75, 3.05) is 57.8 Å². The summed E-state index contributed by atoms with van der Waals surface area (Å²) in [5, 5.41) is 3.33. The summed E-state index contributed by atoms with van der Waals surface area (Å²) < 4.78 is 5.36. The van der Waals surface area contributed by atoms with Gasteiger partial charge in [0.1, 0.15) is 17.3 Å². The molecule has 7 nitrogen and oxygen atoms in total. The summed E-state index contributed by atoms with van der Waals surface area (Å²) in [7, 11) is 0. The van der Waals surface area contributed by atoms with Gasteiger partial charge in [0.25, 0.3) is 5.91 Å². The number of amides is 1. The number of hydrogen-bond donors (Lipinski definition) is 1. The van der Waals surface area contributed by atoms with Crippen LogP contribution >= 0.6 is 0 Å². The van der Waals surface area contributed by atoms with Crippen molar-refractivity contribution in [1.82, 2.24) is 19.8 Å². The average Bonchev–Trinajstić information content (AvgIpc) is 2.61. The van der Waals surface area contributed by atoms with Gasteiger partial charge in [-0.2, -0.15) is 0 Å². The minimum atomic E-state index is -0.00886. The summed E-state index contributed by atoms with van der Waals surface area (Å²) in [4.78, 5) is 25.7. The first-order valence-electron chi connectivity index (χ1n) is 9.33. The van der Waals surface area contributed by atoms with Crippen molar-refractivity contribution in [3.8, 4) is 0 Å². The highest BCUT2D eigenvalue weighted by Crippen LogP contribution is 2.10. The fraction of sp³-hybridized carbons (Fsp3) is 0.722. The fourth-order valence-electron chi connectivity index (χ4n) is 2.95. The lowest BCUT2D eigenvalue weighted by Crippen LogP contribution is -2.39. The molecule has 1 aliphatic heterocycles. The number of nitrogens with zero attached hydrogens (tertiary/aromatic N) is 4. The number of rotatable bonds is 9. The minimum Gasteiger partial charge on any atom is -0.379 e. The van der Waals surface area contributed by atoms with E-state index in [1.165, 1.54) is 0 Å². The van der Waals surface area contributed by atoms with E-state index >= 15 is 0 Å². The van der Waals surface area contributed by atoms with Crippen LogP contribution in [0.25, 0.3) is 0 Å². The van der Waals surface area contributed by atoms with Crippen LogP contribution in [-0.4, -0.2) is 78.2 Å². The van der Waals surface area contributed by atoms with Crippen LogP contribution in [0.15, 0.2) is 6.07 Å². The fourth-order valence-corrected chi connectivity index (χ4v) is 2.95. The van der Waals surface area contributed by atoms with Crippen molar-refractivity contribution >= 4 is 11.7 Å². The lowest BCUT2D eigenvalue weighted by atomic mass is 10.2. The summed E-state index contributed by atoms with van der Waals surface area (Å²) in [6.45, 7) is 12.8. The van der Waals surface area contributed by atoms with E-state index in [-0.39, 0.29) is 5.91 Å². The topological polar surface area (TPSA) is 70.6 Å². The van der Waals surface area contributed by atoms with Crippen LogP contribution in [0.5, 0.6) is 0 Å². The minimum absolute atomic E-state index is 0.00886. The molecule has 140 valence electrons. The van der Waals surface area contributed by atoms with Gasteiger partial charge in [-0.15, -0.1) is 0 Å². The maximum absolute atomic E-state index is 12.7. The number of ether oxygens (including phenoxy) is 1. The third-order valence-corrected chi connectivity index (χ3v) is 4.17. The van der Waals surface area contributed by atoms with Crippen molar-refractivity contribution in [2.45, 2.75) is 33.6 Å². The average molecular weight is 349 g/mol. The molecule has 2 rings (SSSR count). The van der Waals surface area contributed by atoms with Gasteiger partial charge in [-0.1, -0.05) is 13.8 Å². The molecule has 0 spiro atoms. The van der Waals surface area contributed by atoms with Crippen LogP contribution in [0.2, 0.25) is 0 Å². The van der Waals surface area contributed by atoms with Gasteiger partial charge in [0.2, 0.25) is 0 Å². The zero-order chi connectivity index (χ0) is 18.1. The number of carbonyl (C=O) groups is 1. The van der Waals surface area contributed by atoms with E-state index in [1.807, 2.05) is 11.8 Å². The molecule has 0 aliphatic carbocycles. The Kier molecular flexibility index (Phi) is 8.08. The highest BCUT2D eigenvalue weighted by atomic mass is 16.5. The van der Waals surface area contributed by atoms with Crippen molar-refractivity contribution in [2.24, 2.45) is 0 Å². The Hall–Kier alpha value is -1.73. The zero-order valence-corrected chi connectivity index (χ0v) is 15.8. The van der Waals surface area contributed by atoms with Crippen LogP contribution in [0.4, 0.5) is 5.82 Å². The normalized spacial score (nSPS) is 15.2. The molecule has 0 unspecified atom stereocenters. The van der Waals surface area contributed by atoms with E-state index in [9.17, 15) is 4.79 Å². The third kappa shape index (κ3) is 6.25. The van der Waals surface area contributed by atoms with Gasteiger partial charge in [0, 0.05) is 45.3 Å². The largest absolute Gasteiger partial charge is 0.379 e. The monoisotopic (exact) mass is 349 g/mol. The standard InChI is InChI=1S/C18H31N5O2/c1-4-7-23(8-5-2)18(24)16-14-17(21-15(3)20-16)19-6-9-22-10-12-25-13-11-22/h14H,4-13H2,1-3H3,(H,19,20,21). The van der Waals surface area contributed by atoms with Crippen LogP contribution in [0.3, 0.4) is 0 Å². The Balaban J connectivity index is 1.96. The quantitative estimate of drug-likeness (QED) is 0.733. The lowest BCUT2D eigenvalue weighted by Gasteiger charge is -2.26. The molecule has 7 heteroatoms. The van der Waals surface area contributed by atoms with Crippen LogP contribution in [-0.2, 0) is 4.74 Å². The van der Waals surface area contributed by atoms with Crippen molar-refractivity contribution in [3.63, 3.8) is 0 Å². The first-order chi connectivity index (χ1) is 12.1. The number of aromatic nitrogens is 2. The molecular weight excluding hydrogens is 318 g/mol. The molecule has 1 aliphatic rings. The molecule has 0 radical (unpaired) electrons. The molecule has 1 fully saturated rings. The van der Waals surface area contributed by atoms with Gasteiger partial charge in [0.05, 0.1) is 13.2 Å². The number of nitrogens with one attached hydrogen (secondary N) is 1. The Morgan fingerprint density at radius 1 is 1.24 bits per heavy atom. The molecule has 1 aromatic heterocycles. The molecule has 1 amide bonds. The highest BCUT2D eigenvalue weighted by Gasteiger charge is 2.17. The van der Waals surface area contributed by atoms with Crippen molar-refractivity contribution < 1.29 is 9.53 Å². The van der Waals surface area contributed by atoms with Crippen molar-refractivity contribution in [3.05, 3.63) is 17.6 Å². The van der Waals surface area contributed by atoms with Crippen LogP contribution < -0.4 is 5.32 Å². The molecule has 1 saturated heterocycles. The molecule has 0 atom stereocenters. The SMILES string of the molecule is CCCN(CCC)C(=O)c1cc(NCCN2CCOCC2)nc(C)n1. The molecular formula is C18H31N5O2. The van der Waals surface area contributed by atoms with Gasteiger partial charge >= 0.3 is 0 Å². The number of morpholine rings is 1. The smallest absolute Gasteiger partial charge is 0.272 e. The molecule has 2 heterocycles. The summed E-state index contributed by atoms with van der Waals surface area (Å²) in [5.41, 5.74) is 0.475. The Morgan fingerprint density at radius 3 is 2.56 bits per heavy atom.